The minimum Gasteiger partial charge on any atom is -0.393 e. The summed E-state index contributed by atoms with van der Waals surface area (Å²) in [6.07, 6.45) is 3.71. The van der Waals surface area contributed by atoms with E-state index in [1.54, 1.807) is 11.3 Å². The Kier molecular flexibility index (Phi) is 4.85. The van der Waals surface area contributed by atoms with Crippen molar-refractivity contribution < 1.29 is 9.90 Å². The summed E-state index contributed by atoms with van der Waals surface area (Å²) in [5.74, 6) is 1.03. The molecule has 1 saturated carbocycles. The highest BCUT2D eigenvalue weighted by Gasteiger charge is 2.39. The number of carbonyl (C=O) groups is 1. The number of aryl methyl sites for hydroxylation is 2. The van der Waals surface area contributed by atoms with Crippen molar-refractivity contribution in [2.75, 3.05) is 13.1 Å². The lowest BCUT2D eigenvalue weighted by molar-refractivity contribution is 0.00924. The molecule has 1 aliphatic heterocycles. The standard InChI is InChI=1S/C17H26N2O2S/c1-10-7-15(22-11(10)2)17(21)19-16(13-8-14(20)9-13)12-3-5-18-6-4-12/h7,12-14,16,18,20H,3-6,8-9H2,1-2H3,(H,19,21). The molecule has 1 saturated heterocycles. The Labute approximate surface area is 136 Å². The van der Waals surface area contributed by atoms with Gasteiger partial charge in [-0.1, -0.05) is 0 Å². The van der Waals surface area contributed by atoms with Gasteiger partial charge < -0.3 is 15.7 Å². The average molecular weight is 322 g/mol. The van der Waals surface area contributed by atoms with Gasteiger partial charge in [0.25, 0.3) is 5.91 Å². The molecule has 1 atom stereocenters. The molecule has 4 nitrogen and oxygen atoms in total. The summed E-state index contributed by atoms with van der Waals surface area (Å²) >= 11 is 1.58. The highest BCUT2D eigenvalue weighted by molar-refractivity contribution is 7.14. The quantitative estimate of drug-likeness (QED) is 0.797. The molecule has 0 spiro atoms. The van der Waals surface area contributed by atoms with Crippen LogP contribution in [0.5, 0.6) is 0 Å². The number of aliphatic hydroxyl groups excluding tert-OH is 1. The molecule has 1 aromatic rings. The van der Waals surface area contributed by atoms with E-state index in [2.05, 4.69) is 24.5 Å². The second-order valence-electron chi connectivity index (χ2n) is 6.82. The van der Waals surface area contributed by atoms with E-state index >= 15 is 0 Å². The molecule has 1 aromatic heterocycles. The lowest BCUT2D eigenvalue weighted by atomic mass is 9.71. The Morgan fingerprint density at radius 1 is 1.32 bits per heavy atom. The van der Waals surface area contributed by atoms with Crippen molar-refractivity contribution in [3.05, 3.63) is 21.4 Å². The summed E-state index contributed by atoms with van der Waals surface area (Å²) in [4.78, 5) is 14.6. The molecule has 0 radical (unpaired) electrons. The zero-order chi connectivity index (χ0) is 15.7. The molecule has 0 bridgehead atoms. The summed E-state index contributed by atoms with van der Waals surface area (Å²) in [7, 11) is 0. The second kappa shape index (κ2) is 6.69. The Bertz CT molecular complexity index is 511. The van der Waals surface area contributed by atoms with Gasteiger partial charge in [-0.2, -0.15) is 0 Å². The van der Waals surface area contributed by atoms with Gasteiger partial charge in [0.15, 0.2) is 0 Å². The van der Waals surface area contributed by atoms with Gasteiger partial charge in [0, 0.05) is 10.9 Å². The van der Waals surface area contributed by atoms with E-state index in [9.17, 15) is 9.90 Å². The number of hydrogen-bond acceptors (Lipinski definition) is 4. The molecule has 2 aliphatic rings. The fraction of sp³-hybridized carbons (Fsp3) is 0.706. The predicted octanol–water partition coefficient (Wildman–Crippen LogP) is 2.23. The molecule has 1 amide bonds. The predicted molar refractivity (Wildman–Crippen MR) is 89.4 cm³/mol. The largest absolute Gasteiger partial charge is 0.393 e. The van der Waals surface area contributed by atoms with Crippen LogP contribution in [0.15, 0.2) is 6.07 Å². The number of nitrogens with one attached hydrogen (secondary N) is 2. The monoisotopic (exact) mass is 322 g/mol. The van der Waals surface area contributed by atoms with Crippen LogP contribution in [-0.4, -0.2) is 36.2 Å². The highest BCUT2D eigenvalue weighted by atomic mass is 32.1. The number of piperidine rings is 1. The van der Waals surface area contributed by atoms with Crippen LogP contribution >= 0.6 is 11.3 Å². The van der Waals surface area contributed by atoms with Crippen LogP contribution in [0, 0.1) is 25.7 Å². The molecule has 5 heteroatoms. The topological polar surface area (TPSA) is 61.4 Å². The van der Waals surface area contributed by atoms with Crippen LogP contribution in [0.4, 0.5) is 0 Å². The van der Waals surface area contributed by atoms with Gasteiger partial charge in [-0.3, -0.25) is 4.79 Å². The van der Waals surface area contributed by atoms with E-state index in [0.717, 1.165) is 43.6 Å². The zero-order valence-electron chi connectivity index (χ0n) is 13.4. The second-order valence-corrected chi connectivity index (χ2v) is 8.08. The molecule has 22 heavy (non-hydrogen) atoms. The molecule has 1 unspecified atom stereocenters. The van der Waals surface area contributed by atoms with Gasteiger partial charge in [-0.25, -0.2) is 0 Å². The maximum Gasteiger partial charge on any atom is 0.261 e. The van der Waals surface area contributed by atoms with Crippen molar-refractivity contribution in [2.45, 2.75) is 51.7 Å². The molecular formula is C17H26N2O2S. The molecule has 0 aromatic carbocycles. The first-order valence-electron chi connectivity index (χ1n) is 8.31. The minimum absolute atomic E-state index is 0.0612. The Hall–Kier alpha value is -0.910. The van der Waals surface area contributed by atoms with Crippen molar-refractivity contribution >= 4 is 17.2 Å². The van der Waals surface area contributed by atoms with Gasteiger partial charge >= 0.3 is 0 Å². The first kappa shape index (κ1) is 16.0. The van der Waals surface area contributed by atoms with Gasteiger partial charge in [0.2, 0.25) is 0 Å². The van der Waals surface area contributed by atoms with Crippen molar-refractivity contribution in [1.82, 2.24) is 10.6 Å². The van der Waals surface area contributed by atoms with Crippen LogP contribution in [0.2, 0.25) is 0 Å². The maximum absolute atomic E-state index is 12.6. The smallest absolute Gasteiger partial charge is 0.261 e. The van der Waals surface area contributed by atoms with E-state index in [1.807, 2.05) is 6.07 Å². The number of rotatable bonds is 4. The molecule has 2 heterocycles. The van der Waals surface area contributed by atoms with E-state index in [-0.39, 0.29) is 18.1 Å². The van der Waals surface area contributed by atoms with Crippen LogP contribution in [0.1, 0.15) is 45.8 Å². The molecule has 3 N–H and O–H groups in total. The molecule has 2 fully saturated rings. The Morgan fingerprint density at radius 2 is 2.00 bits per heavy atom. The van der Waals surface area contributed by atoms with Gasteiger partial charge in [0.1, 0.15) is 0 Å². The molecule has 1 aliphatic carbocycles. The third-order valence-corrected chi connectivity index (χ3v) is 6.39. The molecule has 3 rings (SSSR count). The maximum atomic E-state index is 12.6. The normalized spacial score (nSPS) is 27.2. The van der Waals surface area contributed by atoms with E-state index in [4.69, 9.17) is 0 Å². The fourth-order valence-corrected chi connectivity index (χ4v) is 4.59. The van der Waals surface area contributed by atoms with Gasteiger partial charge in [-0.15, -0.1) is 11.3 Å². The number of hydrogen-bond donors (Lipinski definition) is 3. The van der Waals surface area contributed by atoms with E-state index < -0.39 is 0 Å². The van der Waals surface area contributed by atoms with Crippen molar-refractivity contribution in [3.63, 3.8) is 0 Å². The number of amides is 1. The summed E-state index contributed by atoms with van der Waals surface area (Å²) in [6, 6.07) is 2.20. The molecule has 122 valence electrons. The van der Waals surface area contributed by atoms with Gasteiger partial charge in [-0.05, 0) is 76.1 Å². The third-order valence-electron chi connectivity index (χ3n) is 5.24. The lowest BCUT2D eigenvalue weighted by Gasteiger charge is -2.43. The Balaban J connectivity index is 1.70. The summed E-state index contributed by atoms with van der Waals surface area (Å²) in [5.41, 5.74) is 1.19. The van der Waals surface area contributed by atoms with Crippen LogP contribution in [-0.2, 0) is 0 Å². The van der Waals surface area contributed by atoms with Crippen molar-refractivity contribution in [1.29, 1.82) is 0 Å². The number of aliphatic hydroxyl groups is 1. The van der Waals surface area contributed by atoms with Crippen LogP contribution < -0.4 is 10.6 Å². The highest BCUT2D eigenvalue weighted by Crippen LogP contribution is 2.36. The van der Waals surface area contributed by atoms with Crippen LogP contribution in [0.3, 0.4) is 0 Å². The van der Waals surface area contributed by atoms with Crippen molar-refractivity contribution in [2.24, 2.45) is 11.8 Å². The average Bonchev–Trinajstić information content (AvgIpc) is 2.82. The fourth-order valence-electron chi connectivity index (χ4n) is 3.65. The minimum atomic E-state index is -0.169. The third kappa shape index (κ3) is 3.36. The first-order chi connectivity index (χ1) is 10.5. The van der Waals surface area contributed by atoms with Crippen molar-refractivity contribution in [3.8, 4) is 0 Å². The lowest BCUT2D eigenvalue weighted by Crippen LogP contribution is -2.52. The number of thiophene rings is 1. The summed E-state index contributed by atoms with van der Waals surface area (Å²) in [6.45, 7) is 6.17. The molecular weight excluding hydrogens is 296 g/mol. The summed E-state index contributed by atoms with van der Waals surface area (Å²) in [5, 5.41) is 16.3. The van der Waals surface area contributed by atoms with Gasteiger partial charge in [0.05, 0.1) is 11.0 Å². The SMILES string of the molecule is Cc1cc(C(=O)NC(C2CCNCC2)C2CC(O)C2)sc1C. The van der Waals surface area contributed by atoms with Crippen LogP contribution in [0.25, 0.3) is 0 Å². The number of carbonyl (C=O) groups excluding carboxylic acids is 1. The zero-order valence-corrected chi connectivity index (χ0v) is 14.2. The summed E-state index contributed by atoms with van der Waals surface area (Å²) < 4.78 is 0. The van der Waals surface area contributed by atoms with E-state index in [1.165, 1.54) is 10.4 Å². The first-order valence-corrected chi connectivity index (χ1v) is 9.13. The Morgan fingerprint density at radius 3 is 2.55 bits per heavy atom. The van der Waals surface area contributed by atoms with E-state index in [0.29, 0.717) is 11.8 Å².